The highest BCUT2D eigenvalue weighted by Gasteiger charge is 2.10. The van der Waals surface area contributed by atoms with Crippen LogP contribution in [0.5, 0.6) is 0 Å². The molecule has 0 saturated heterocycles. The standard InChI is InChI=1S/C29H36O/c1-4-7-8-9-22-10-13-26(14-11-22)28-17-15-27(21-25(28)6-3)29-16-12-23(18-19-30)20-24(29)5-2/h10-17,20-21,30H,4-9,18-19H2,1-3H3. The zero-order chi connectivity index (χ0) is 21.3. The van der Waals surface area contributed by atoms with Gasteiger partial charge < -0.3 is 5.11 Å². The Hall–Kier alpha value is -2.38. The fourth-order valence-electron chi connectivity index (χ4n) is 4.27. The van der Waals surface area contributed by atoms with E-state index in [4.69, 9.17) is 0 Å². The van der Waals surface area contributed by atoms with Crippen molar-refractivity contribution in [1.29, 1.82) is 0 Å². The highest BCUT2D eigenvalue weighted by atomic mass is 16.2. The van der Waals surface area contributed by atoms with Crippen LogP contribution in [0.4, 0.5) is 0 Å². The fourth-order valence-corrected chi connectivity index (χ4v) is 4.27. The Morgan fingerprint density at radius 1 is 0.600 bits per heavy atom. The lowest BCUT2D eigenvalue weighted by Gasteiger charge is -2.15. The lowest BCUT2D eigenvalue weighted by Crippen LogP contribution is -1.96. The number of aryl methyl sites for hydroxylation is 3. The van der Waals surface area contributed by atoms with Crippen molar-refractivity contribution in [2.75, 3.05) is 6.61 Å². The van der Waals surface area contributed by atoms with Crippen molar-refractivity contribution in [1.82, 2.24) is 0 Å². The van der Waals surface area contributed by atoms with Crippen molar-refractivity contribution in [3.63, 3.8) is 0 Å². The molecule has 3 aromatic carbocycles. The van der Waals surface area contributed by atoms with Crippen LogP contribution in [0.25, 0.3) is 22.3 Å². The molecular formula is C29H36O. The molecule has 1 nitrogen and oxygen atoms in total. The quantitative estimate of drug-likeness (QED) is 0.351. The first kappa shape index (κ1) is 22.3. The first-order valence-corrected chi connectivity index (χ1v) is 11.6. The van der Waals surface area contributed by atoms with E-state index in [9.17, 15) is 5.11 Å². The van der Waals surface area contributed by atoms with Crippen molar-refractivity contribution < 1.29 is 5.11 Å². The molecule has 0 atom stereocenters. The number of rotatable bonds is 10. The van der Waals surface area contributed by atoms with Gasteiger partial charge in [0.25, 0.3) is 0 Å². The molecule has 0 bridgehead atoms. The van der Waals surface area contributed by atoms with Crippen molar-refractivity contribution in [2.24, 2.45) is 0 Å². The van der Waals surface area contributed by atoms with Gasteiger partial charge >= 0.3 is 0 Å². The highest BCUT2D eigenvalue weighted by Crippen LogP contribution is 2.32. The van der Waals surface area contributed by atoms with Crippen LogP contribution in [0.3, 0.4) is 0 Å². The van der Waals surface area contributed by atoms with Gasteiger partial charge in [-0.2, -0.15) is 0 Å². The number of hydrogen-bond acceptors (Lipinski definition) is 1. The average Bonchev–Trinajstić information content (AvgIpc) is 2.79. The van der Waals surface area contributed by atoms with Gasteiger partial charge in [-0.3, -0.25) is 0 Å². The Bertz CT molecular complexity index is 937. The van der Waals surface area contributed by atoms with Crippen LogP contribution < -0.4 is 0 Å². The van der Waals surface area contributed by atoms with Gasteiger partial charge in [0.05, 0.1) is 0 Å². The van der Waals surface area contributed by atoms with Gasteiger partial charge in [-0.15, -0.1) is 0 Å². The summed E-state index contributed by atoms with van der Waals surface area (Å²) in [4.78, 5) is 0. The zero-order valence-corrected chi connectivity index (χ0v) is 18.9. The first-order chi connectivity index (χ1) is 14.7. The molecule has 30 heavy (non-hydrogen) atoms. The molecule has 0 heterocycles. The van der Waals surface area contributed by atoms with Crippen LogP contribution in [-0.2, 0) is 25.7 Å². The lowest BCUT2D eigenvalue weighted by atomic mass is 9.90. The van der Waals surface area contributed by atoms with E-state index in [1.54, 1.807) is 0 Å². The van der Waals surface area contributed by atoms with E-state index in [0.29, 0.717) is 0 Å². The Balaban J connectivity index is 1.88. The predicted molar refractivity (Wildman–Crippen MR) is 130 cm³/mol. The third-order valence-corrected chi connectivity index (χ3v) is 6.08. The molecular weight excluding hydrogens is 364 g/mol. The van der Waals surface area contributed by atoms with Gasteiger partial charge in [0.2, 0.25) is 0 Å². The summed E-state index contributed by atoms with van der Waals surface area (Å²) in [6.45, 7) is 6.91. The summed E-state index contributed by atoms with van der Waals surface area (Å²) in [6, 6.07) is 22.7. The first-order valence-electron chi connectivity index (χ1n) is 11.6. The van der Waals surface area contributed by atoms with E-state index in [-0.39, 0.29) is 6.61 Å². The molecule has 0 aromatic heterocycles. The molecule has 0 aliphatic rings. The second-order valence-corrected chi connectivity index (χ2v) is 8.20. The molecule has 0 saturated carbocycles. The van der Waals surface area contributed by atoms with Crippen molar-refractivity contribution in [3.05, 3.63) is 82.9 Å². The molecule has 3 rings (SSSR count). The highest BCUT2D eigenvalue weighted by molar-refractivity contribution is 5.75. The van der Waals surface area contributed by atoms with E-state index in [0.717, 1.165) is 19.3 Å². The summed E-state index contributed by atoms with van der Waals surface area (Å²) in [7, 11) is 0. The Kier molecular flexibility index (Phi) is 8.28. The van der Waals surface area contributed by atoms with Crippen molar-refractivity contribution in [3.8, 4) is 22.3 Å². The number of aliphatic hydroxyl groups excluding tert-OH is 1. The van der Waals surface area contributed by atoms with Gasteiger partial charge in [0.1, 0.15) is 0 Å². The van der Waals surface area contributed by atoms with E-state index in [2.05, 4.69) is 81.4 Å². The molecule has 0 amide bonds. The normalized spacial score (nSPS) is 11.1. The molecule has 1 N–H and O–H groups in total. The van der Waals surface area contributed by atoms with Crippen LogP contribution in [-0.4, -0.2) is 11.7 Å². The number of aliphatic hydroxyl groups is 1. The van der Waals surface area contributed by atoms with Crippen LogP contribution in [0, 0.1) is 0 Å². The smallest absolute Gasteiger partial charge is 0.0471 e. The molecule has 3 aromatic rings. The minimum absolute atomic E-state index is 0.203. The van der Waals surface area contributed by atoms with Crippen LogP contribution >= 0.6 is 0 Å². The molecule has 0 fully saturated rings. The monoisotopic (exact) mass is 400 g/mol. The van der Waals surface area contributed by atoms with E-state index in [1.807, 2.05) is 0 Å². The molecule has 1 heteroatoms. The molecule has 0 aliphatic carbocycles. The molecule has 0 aliphatic heterocycles. The van der Waals surface area contributed by atoms with E-state index in [1.165, 1.54) is 70.2 Å². The fraction of sp³-hybridized carbons (Fsp3) is 0.379. The summed E-state index contributed by atoms with van der Waals surface area (Å²) in [6.07, 6.45) is 7.78. The number of benzene rings is 3. The van der Waals surface area contributed by atoms with Gasteiger partial charge in [-0.25, -0.2) is 0 Å². The molecule has 0 radical (unpaired) electrons. The summed E-state index contributed by atoms with van der Waals surface area (Å²) >= 11 is 0. The van der Waals surface area contributed by atoms with Crippen molar-refractivity contribution in [2.45, 2.75) is 65.7 Å². The maximum Gasteiger partial charge on any atom is 0.0471 e. The van der Waals surface area contributed by atoms with Gasteiger partial charge in [0.15, 0.2) is 0 Å². The summed E-state index contributed by atoms with van der Waals surface area (Å²) < 4.78 is 0. The Morgan fingerprint density at radius 2 is 1.20 bits per heavy atom. The Labute approximate surface area is 182 Å². The number of unbranched alkanes of at least 4 members (excludes halogenated alkanes) is 2. The third kappa shape index (κ3) is 5.40. The minimum Gasteiger partial charge on any atom is -0.396 e. The summed E-state index contributed by atoms with van der Waals surface area (Å²) in [5, 5.41) is 9.25. The van der Waals surface area contributed by atoms with Crippen LogP contribution in [0.2, 0.25) is 0 Å². The van der Waals surface area contributed by atoms with Crippen molar-refractivity contribution >= 4 is 0 Å². The van der Waals surface area contributed by atoms with Gasteiger partial charge in [-0.05, 0) is 76.6 Å². The molecule has 158 valence electrons. The molecule has 0 unspecified atom stereocenters. The van der Waals surface area contributed by atoms with Gasteiger partial charge in [0, 0.05) is 6.61 Å². The Morgan fingerprint density at radius 3 is 1.87 bits per heavy atom. The second-order valence-electron chi connectivity index (χ2n) is 8.20. The molecule has 0 spiro atoms. The van der Waals surface area contributed by atoms with E-state index < -0.39 is 0 Å². The largest absolute Gasteiger partial charge is 0.396 e. The lowest BCUT2D eigenvalue weighted by molar-refractivity contribution is 0.299. The summed E-state index contributed by atoms with van der Waals surface area (Å²) in [5.41, 5.74) is 10.7. The number of hydrogen-bond donors (Lipinski definition) is 1. The maximum absolute atomic E-state index is 9.25. The SMILES string of the molecule is CCCCCc1ccc(-c2ccc(-c3ccc(CCO)cc3CC)cc2CC)cc1. The minimum atomic E-state index is 0.203. The maximum atomic E-state index is 9.25. The average molecular weight is 401 g/mol. The van der Waals surface area contributed by atoms with E-state index >= 15 is 0 Å². The van der Waals surface area contributed by atoms with Gasteiger partial charge in [-0.1, -0.05) is 94.3 Å². The zero-order valence-electron chi connectivity index (χ0n) is 18.9. The summed E-state index contributed by atoms with van der Waals surface area (Å²) in [5.74, 6) is 0. The van der Waals surface area contributed by atoms with Crippen LogP contribution in [0.15, 0.2) is 60.7 Å². The van der Waals surface area contributed by atoms with Crippen LogP contribution in [0.1, 0.15) is 62.3 Å². The predicted octanol–water partition coefficient (Wildman–Crippen LogP) is 7.41. The second kappa shape index (κ2) is 11.1. The third-order valence-electron chi connectivity index (χ3n) is 6.08. The topological polar surface area (TPSA) is 20.2 Å².